The van der Waals surface area contributed by atoms with Crippen LogP contribution >= 0.6 is 0 Å². The van der Waals surface area contributed by atoms with Gasteiger partial charge in [0.05, 0.1) is 6.26 Å². The van der Waals surface area contributed by atoms with E-state index in [1.54, 1.807) is 11.2 Å². The molecule has 0 bridgehead atoms. The van der Waals surface area contributed by atoms with Gasteiger partial charge in [-0.25, -0.2) is 0 Å². The van der Waals surface area contributed by atoms with Crippen molar-refractivity contribution in [1.82, 2.24) is 5.32 Å². The molecule has 0 saturated heterocycles. The van der Waals surface area contributed by atoms with Crippen LogP contribution in [0.25, 0.3) is 0 Å². The van der Waals surface area contributed by atoms with Crippen molar-refractivity contribution in [2.75, 3.05) is 18.0 Å². The molecule has 2 aromatic rings. The molecular weight excluding hydrogens is 292 g/mol. The van der Waals surface area contributed by atoms with E-state index in [4.69, 9.17) is 4.42 Å². The zero-order chi connectivity index (χ0) is 16.1. The molecule has 3 rings (SSSR count). The average molecular weight is 312 g/mol. The molecule has 1 N–H and O–H groups in total. The van der Waals surface area contributed by atoms with Gasteiger partial charge in [-0.05, 0) is 36.6 Å². The Labute approximate surface area is 135 Å². The molecule has 1 aromatic heterocycles. The van der Waals surface area contributed by atoms with Gasteiger partial charge in [0.1, 0.15) is 12.3 Å². The molecule has 5 heteroatoms. The second-order valence-corrected chi connectivity index (χ2v) is 5.64. The van der Waals surface area contributed by atoms with Gasteiger partial charge in [-0.2, -0.15) is 0 Å². The molecule has 2 amide bonds. The smallest absolute Gasteiger partial charge is 0.240 e. The van der Waals surface area contributed by atoms with Crippen molar-refractivity contribution in [3.8, 4) is 0 Å². The van der Waals surface area contributed by atoms with Crippen molar-refractivity contribution in [3.05, 3.63) is 54.0 Å². The molecule has 120 valence electrons. The van der Waals surface area contributed by atoms with E-state index in [1.807, 2.05) is 36.4 Å². The molecule has 0 spiro atoms. The maximum atomic E-state index is 12.3. The number of fused-ring (bicyclic) bond motifs is 1. The minimum atomic E-state index is -0.151. The number of anilines is 1. The summed E-state index contributed by atoms with van der Waals surface area (Å²) in [4.78, 5) is 26.1. The summed E-state index contributed by atoms with van der Waals surface area (Å²) in [6.07, 6.45) is 4.44. The number of aryl methyl sites for hydroxylation is 1. The lowest BCUT2D eigenvalue weighted by molar-refractivity contribution is -0.123. The first-order valence-electron chi connectivity index (χ1n) is 7.91. The van der Waals surface area contributed by atoms with E-state index in [1.165, 1.54) is 0 Å². The first kappa shape index (κ1) is 15.3. The first-order valence-corrected chi connectivity index (χ1v) is 7.91. The highest BCUT2D eigenvalue weighted by Gasteiger charge is 2.23. The second-order valence-electron chi connectivity index (χ2n) is 5.64. The van der Waals surface area contributed by atoms with Crippen molar-refractivity contribution in [1.29, 1.82) is 0 Å². The maximum absolute atomic E-state index is 12.3. The highest BCUT2D eigenvalue weighted by Crippen LogP contribution is 2.26. The SMILES string of the molecule is O=C(CN1C(=O)CCCc2ccccc21)NCCc1ccco1. The van der Waals surface area contributed by atoms with Crippen LogP contribution < -0.4 is 10.2 Å². The lowest BCUT2D eigenvalue weighted by atomic mass is 10.1. The lowest BCUT2D eigenvalue weighted by Gasteiger charge is -2.22. The fraction of sp³-hybridized carbons (Fsp3) is 0.333. The summed E-state index contributed by atoms with van der Waals surface area (Å²) in [5.74, 6) is 0.694. The van der Waals surface area contributed by atoms with E-state index in [9.17, 15) is 9.59 Å². The van der Waals surface area contributed by atoms with Crippen LogP contribution in [0.15, 0.2) is 47.1 Å². The number of hydrogen-bond donors (Lipinski definition) is 1. The highest BCUT2D eigenvalue weighted by molar-refractivity contribution is 5.99. The molecule has 0 atom stereocenters. The summed E-state index contributed by atoms with van der Waals surface area (Å²) in [6.45, 7) is 0.560. The molecule has 0 unspecified atom stereocenters. The number of hydrogen-bond acceptors (Lipinski definition) is 3. The monoisotopic (exact) mass is 312 g/mol. The normalized spacial score (nSPS) is 14.3. The Kier molecular flexibility index (Phi) is 4.76. The number of para-hydroxylation sites is 1. The number of carbonyl (C=O) groups is 2. The Morgan fingerprint density at radius 1 is 1.17 bits per heavy atom. The Morgan fingerprint density at radius 3 is 2.87 bits per heavy atom. The Morgan fingerprint density at radius 2 is 2.04 bits per heavy atom. The van der Waals surface area contributed by atoms with E-state index < -0.39 is 0 Å². The Balaban J connectivity index is 1.61. The summed E-state index contributed by atoms with van der Waals surface area (Å²) < 4.78 is 5.23. The molecule has 0 saturated carbocycles. The van der Waals surface area contributed by atoms with Gasteiger partial charge in [0.15, 0.2) is 0 Å². The second kappa shape index (κ2) is 7.13. The molecule has 5 nitrogen and oxygen atoms in total. The zero-order valence-corrected chi connectivity index (χ0v) is 13.0. The molecule has 1 aromatic carbocycles. The molecule has 0 fully saturated rings. The number of benzene rings is 1. The van der Waals surface area contributed by atoms with Crippen molar-refractivity contribution in [2.24, 2.45) is 0 Å². The van der Waals surface area contributed by atoms with Gasteiger partial charge in [-0.15, -0.1) is 0 Å². The van der Waals surface area contributed by atoms with Crippen LogP contribution in [0.4, 0.5) is 5.69 Å². The third kappa shape index (κ3) is 3.80. The van der Waals surface area contributed by atoms with Crippen molar-refractivity contribution < 1.29 is 14.0 Å². The van der Waals surface area contributed by atoms with Gasteiger partial charge in [-0.3, -0.25) is 9.59 Å². The van der Waals surface area contributed by atoms with E-state index in [0.717, 1.165) is 29.9 Å². The molecule has 0 aliphatic carbocycles. The standard InChI is InChI=1S/C18H20N2O3/c21-17(19-11-10-15-7-4-12-23-15)13-20-16-8-2-1-5-14(16)6-3-9-18(20)22/h1-2,4-5,7-8,12H,3,6,9-11,13H2,(H,19,21). The quantitative estimate of drug-likeness (QED) is 0.921. The maximum Gasteiger partial charge on any atom is 0.240 e. The number of furan rings is 1. The largest absolute Gasteiger partial charge is 0.469 e. The van der Waals surface area contributed by atoms with Gasteiger partial charge in [0, 0.05) is 25.1 Å². The zero-order valence-electron chi connectivity index (χ0n) is 13.0. The van der Waals surface area contributed by atoms with Crippen LogP contribution in [0.5, 0.6) is 0 Å². The summed E-state index contributed by atoms with van der Waals surface area (Å²) in [5.41, 5.74) is 1.98. The molecule has 2 heterocycles. The Hall–Kier alpha value is -2.56. The fourth-order valence-corrected chi connectivity index (χ4v) is 2.84. The Bertz CT molecular complexity index is 679. The third-order valence-electron chi connectivity index (χ3n) is 4.00. The summed E-state index contributed by atoms with van der Waals surface area (Å²) >= 11 is 0. The van der Waals surface area contributed by atoms with Gasteiger partial charge in [0.2, 0.25) is 11.8 Å². The number of nitrogens with one attached hydrogen (secondary N) is 1. The van der Waals surface area contributed by atoms with Crippen LogP contribution in [0.1, 0.15) is 24.2 Å². The topological polar surface area (TPSA) is 62.6 Å². The van der Waals surface area contributed by atoms with Crippen molar-refractivity contribution in [2.45, 2.75) is 25.7 Å². The predicted molar refractivity (Wildman–Crippen MR) is 87.2 cm³/mol. The van der Waals surface area contributed by atoms with E-state index in [2.05, 4.69) is 5.32 Å². The van der Waals surface area contributed by atoms with Crippen LogP contribution in [-0.2, 0) is 22.4 Å². The number of amides is 2. The molecule has 1 aliphatic heterocycles. The minimum absolute atomic E-state index is 0.0103. The summed E-state index contributed by atoms with van der Waals surface area (Å²) in [6, 6.07) is 11.5. The molecular formula is C18H20N2O3. The van der Waals surface area contributed by atoms with Crippen LogP contribution in [0.3, 0.4) is 0 Å². The van der Waals surface area contributed by atoms with E-state index in [0.29, 0.717) is 19.4 Å². The van der Waals surface area contributed by atoms with Gasteiger partial charge in [-0.1, -0.05) is 18.2 Å². The van der Waals surface area contributed by atoms with Crippen molar-refractivity contribution >= 4 is 17.5 Å². The number of rotatable bonds is 5. The van der Waals surface area contributed by atoms with Crippen LogP contribution in [0.2, 0.25) is 0 Å². The fourth-order valence-electron chi connectivity index (χ4n) is 2.84. The number of nitrogens with zero attached hydrogens (tertiary/aromatic N) is 1. The molecule has 1 aliphatic rings. The molecule has 23 heavy (non-hydrogen) atoms. The van der Waals surface area contributed by atoms with Crippen molar-refractivity contribution in [3.63, 3.8) is 0 Å². The third-order valence-corrected chi connectivity index (χ3v) is 4.00. The van der Waals surface area contributed by atoms with E-state index in [-0.39, 0.29) is 18.4 Å². The predicted octanol–water partition coefficient (Wildman–Crippen LogP) is 2.31. The van der Waals surface area contributed by atoms with Crippen LogP contribution in [-0.4, -0.2) is 24.9 Å². The van der Waals surface area contributed by atoms with Crippen LogP contribution in [0, 0.1) is 0 Å². The lowest BCUT2D eigenvalue weighted by Crippen LogP contribution is -2.41. The molecule has 0 radical (unpaired) electrons. The summed E-state index contributed by atoms with van der Waals surface area (Å²) in [5, 5.41) is 2.85. The van der Waals surface area contributed by atoms with E-state index >= 15 is 0 Å². The summed E-state index contributed by atoms with van der Waals surface area (Å²) in [7, 11) is 0. The number of carbonyl (C=O) groups excluding carboxylic acids is 2. The van der Waals surface area contributed by atoms with Gasteiger partial charge >= 0.3 is 0 Å². The average Bonchev–Trinajstić information content (AvgIpc) is 3.01. The van der Waals surface area contributed by atoms with Gasteiger partial charge in [0.25, 0.3) is 0 Å². The van der Waals surface area contributed by atoms with Gasteiger partial charge < -0.3 is 14.6 Å². The highest BCUT2D eigenvalue weighted by atomic mass is 16.3. The first-order chi connectivity index (χ1) is 11.2. The minimum Gasteiger partial charge on any atom is -0.469 e.